The topological polar surface area (TPSA) is 72.4 Å². The van der Waals surface area contributed by atoms with E-state index < -0.39 is 10.0 Å². The Morgan fingerprint density at radius 1 is 1.47 bits per heavy atom. The Labute approximate surface area is 117 Å². The lowest BCUT2D eigenvalue weighted by Crippen LogP contribution is -2.29. The van der Waals surface area contributed by atoms with E-state index in [0.29, 0.717) is 13.1 Å². The summed E-state index contributed by atoms with van der Waals surface area (Å²) in [6, 6.07) is 0. The molecule has 1 aliphatic rings. The zero-order valence-corrected chi connectivity index (χ0v) is 12.0. The van der Waals surface area contributed by atoms with Crippen molar-refractivity contribution in [1.29, 1.82) is 0 Å². The summed E-state index contributed by atoms with van der Waals surface area (Å²) in [6.07, 6.45) is 5.52. The smallest absolute Gasteiger partial charge is 0.262 e. The zero-order valence-electron chi connectivity index (χ0n) is 10.3. The Kier molecular flexibility index (Phi) is 4.29. The molecule has 0 bridgehead atoms. The van der Waals surface area contributed by atoms with Gasteiger partial charge in [0.1, 0.15) is 6.11 Å². The third kappa shape index (κ3) is 3.18. The van der Waals surface area contributed by atoms with Crippen molar-refractivity contribution in [3.05, 3.63) is 12.4 Å². The lowest BCUT2D eigenvalue weighted by atomic mass is 10.4. The minimum absolute atomic E-state index is 0.0742. The molecule has 2 rings (SSSR count). The van der Waals surface area contributed by atoms with Crippen LogP contribution < -0.4 is 4.74 Å². The van der Waals surface area contributed by atoms with Crippen LogP contribution in [-0.2, 0) is 10.0 Å². The third-order valence-corrected chi connectivity index (χ3v) is 4.76. The number of ether oxygens (including phenoxy) is 1. The van der Waals surface area contributed by atoms with E-state index in [1.165, 1.54) is 16.7 Å². The fourth-order valence-corrected chi connectivity index (χ4v) is 3.44. The maximum atomic E-state index is 12.2. The van der Waals surface area contributed by atoms with Gasteiger partial charge in [-0.1, -0.05) is 5.92 Å². The van der Waals surface area contributed by atoms with Gasteiger partial charge in [-0.05, 0) is 6.42 Å². The standard InChI is InChI=1S/C11H13N3O3S2/c1-2-5-17-10-6-13-11(7-12-10)19(15,16)14-4-3-9(18)8-14/h6-7,9,18H,3-4,8H2,1H3. The van der Waals surface area contributed by atoms with E-state index in [1.54, 1.807) is 6.92 Å². The molecule has 0 aromatic carbocycles. The van der Waals surface area contributed by atoms with Crippen molar-refractivity contribution >= 4 is 22.7 Å². The molecule has 1 aromatic heterocycles. The van der Waals surface area contributed by atoms with Crippen LogP contribution in [0.15, 0.2) is 17.4 Å². The van der Waals surface area contributed by atoms with Crippen molar-refractivity contribution in [3.63, 3.8) is 0 Å². The van der Waals surface area contributed by atoms with Gasteiger partial charge in [-0.25, -0.2) is 18.4 Å². The molecule has 2 heterocycles. The van der Waals surface area contributed by atoms with Gasteiger partial charge in [-0.15, -0.1) is 0 Å². The predicted molar refractivity (Wildman–Crippen MR) is 72.3 cm³/mol. The number of hydrogen-bond acceptors (Lipinski definition) is 6. The summed E-state index contributed by atoms with van der Waals surface area (Å²) in [7, 11) is -3.59. The lowest BCUT2D eigenvalue weighted by molar-refractivity contribution is 0.470. The monoisotopic (exact) mass is 299 g/mol. The molecule has 102 valence electrons. The van der Waals surface area contributed by atoms with Crippen LogP contribution in [0, 0.1) is 12.0 Å². The van der Waals surface area contributed by atoms with E-state index in [9.17, 15) is 8.42 Å². The van der Waals surface area contributed by atoms with Gasteiger partial charge in [0, 0.05) is 25.3 Å². The van der Waals surface area contributed by atoms with Crippen molar-refractivity contribution in [2.24, 2.45) is 0 Å². The fraction of sp³-hybridized carbons (Fsp3) is 0.455. The van der Waals surface area contributed by atoms with Gasteiger partial charge in [-0.2, -0.15) is 16.9 Å². The van der Waals surface area contributed by atoms with Gasteiger partial charge in [0.2, 0.25) is 5.88 Å². The zero-order chi connectivity index (χ0) is 13.9. The van der Waals surface area contributed by atoms with Crippen LogP contribution in [0.5, 0.6) is 5.88 Å². The average Bonchev–Trinajstić information content (AvgIpc) is 2.84. The summed E-state index contributed by atoms with van der Waals surface area (Å²) < 4.78 is 30.7. The molecular weight excluding hydrogens is 286 g/mol. The van der Waals surface area contributed by atoms with Gasteiger partial charge in [0.25, 0.3) is 10.0 Å². The molecule has 0 radical (unpaired) electrons. The van der Waals surface area contributed by atoms with E-state index in [4.69, 9.17) is 4.74 Å². The summed E-state index contributed by atoms with van der Waals surface area (Å²) in [5.41, 5.74) is 0. The quantitative estimate of drug-likeness (QED) is 0.651. The molecule has 0 spiro atoms. The summed E-state index contributed by atoms with van der Waals surface area (Å²) in [5, 5.41) is -0.0167. The summed E-state index contributed by atoms with van der Waals surface area (Å²) in [4.78, 5) is 7.72. The van der Waals surface area contributed by atoms with E-state index in [2.05, 4.69) is 34.6 Å². The minimum atomic E-state index is -3.59. The Morgan fingerprint density at radius 3 is 2.79 bits per heavy atom. The number of sulfonamides is 1. The molecule has 1 atom stereocenters. The number of hydrogen-bond donors (Lipinski definition) is 1. The third-order valence-electron chi connectivity index (χ3n) is 2.59. The van der Waals surface area contributed by atoms with E-state index in [1.807, 2.05) is 0 Å². The first-order valence-corrected chi connectivity index (χ1v) is 7.58. The normalized spacial score (nSPS) is 19.8. The second-order valence-electron chi connectivity index (χ2n) is 3.95. The van der Waals surface area contributed by atoms with Crippen LogP contribution in [0.2, 0.25) is 0 Å². The van der Waals surface area contributed by atoms with Crippen LogP contribution in [0.25, 0.3) is 0 Å². The molecule has 1 saturated heterocycles. The van der Waals surface area contributed by atoms with Crippen LogP contribution in [-0.4, -0.2) is 41.0 Å². The Balaban J connectivity index is 2.18. The molecule has 0 amide bonds. The number of rotatable bonds is 3. The van der Waals surface area contributed by atoms with E-state index in [-0.39, 0.29) is 16.2 Å². The van der Waals surface area contributed by atoms with Crippen molar-refractivity contribution in [2.75, 3.05) is 13.1 Å². The maximum absolute atomic E-state index is 12.2. The molecule has 1 aromatic rings. The van der Waals surface area contributed by atoms with Crippen LogP contribution in [0.3, 0.4) is 0 Å². The first-order chi connectivity index (χ1) is 9.04. The summed E-state index contributed by atoms with van der Waals surface area (Å²) in [5.74, 6) is 2.70. The van der Waals surface area contributed by atoms with Crippen molar-refractivity contribution in [3.8, 4) is 17.9 Å². The largest absolute Gasteiger partial charge is 0.386 e. The van der Waals surface area contributed by atoms with Gasteiger partial charge < -0.3 is 4.74 Å². The molecule has 0 saturated carbocycles. The average molecular weight is 299 g/mol. The highest BCUT2D eigenvalue weighted by molar-refractivity contribution is 7.89. The summed E-state index contributed by atoms with van der Waals surface area (Å²) >= 11 is 4.27. The second kappa shape index (κ2) is 5.77. The maximum Gasteiger partial charge on any atom is 0.262 e. The number of thiol groups is 1. The first kappa shape index (κ1) is 14.1. The number of nitrogens with zero attached hydrogens (tertiary/aromatic N) is 3. The lowest BCUT2D eigenvalue weighted by Gasteiger charge is -2.14. The van der Waals surface area contributed by atoms with E-state index >= 15 is 0 Å². The Morgan fingerprint density at radius 2 is 2.26 bits per heavy atom. The highest BCUT2D eigenvalue weighted by Crippen LogP contribution is 2.22. The van der Waals surface area contributed by atoms with Crippen LogP contribution in [0.1, 0.15) is 13.3 Å². The minimum Gasteiger partial charge on any atom is -0.386 e. The van der Waals surface area contributed by atoms with Crippen LogP contribution >= 0.6 is 12.6 Å². The number of aromatic nitrogens is 2. The second-order valence-corrected chi connectivity index (χ2v) is 6.57. The van der Waals surface area contributed by atoms with Crippen molar-refractivity contribution in [1.82, 2.24) is 14.3 Å². The highest BCUT2D eigenvalue weighted by Gasteiger charge is 2.32. The molecule has 0 N–H and O–H groups in total. The van der Waals surface area contributed by atoms with Gasteiger partial charge >= 0.3 is 0 Å². The SMILES string of the molecule is CC#COc1cnc(S(=O)(=O)N2CCC(S)C2)cn1. The molecule has 8 heteroatoms. The predicted octanol–water partition coefficient (Wildman–Crippen LogP) is 0.529. The molecule has 6 nitrogen and oxygen atoms in total. The van der Waals surface area contributed by atoms with Gasteiger partial charge in [0.05, 0.1) is 12.4 Å². The Hall–Kier alpha value is -1.30. The fourth-order valence-electron chi connectivity index (χ4n) is 1.65. The van der Waals surface area contributed by atoms with Gasteiger partial charge in [-0.3, -0.25) is 0 Å². The van der Waals surface area contributed by atoms with Crippen molar-refractivity contribution < 1.29 is 13.2 Å². The molecule has 1 fully saturated rings. The van der Waals surface area contributed by atoms with Gasteiger partial charge in [0.15, 0.2) is 5.03 Å². The highest BCUT2D eigenvalue weighted by atomic mass is 32.2. The van der Waals surface area contributed by atoms with E-state index in [0.717, 1.165) is 6.42 Å². The first-order valence-electron chi connectivity index (χ1n) is 5.63. The molecule has 1 aliphatic heterocycles. The van der Waals surface area contributed by atoms with Crippen molar-refractivity contribution in [2.45, 2.75) is 23.6 Å². The van der Waals surface area contributed by atoms with Crippen LogP contribution in [0.4, 0.5) is 0 Å². The molecular formula is C11H13N3O3S2. The molecule has 1 unspecified atom stereocenters. The Bertz CT molecular complexity index is 604. The molecule has 0 aliphatic carbocycles. The summed E-state index contributed by atoms with van der Waals surface area (Å²) in [6.45, 7) is 2.47. The molecule has 19 heavy (non-hydrogen) atoms.